The Balaban J connectivity index is 3.08. The lowest BCUT2D eigenvalue weighted by atomic mass is 10.1. The fourth-order valence-electron chi connectivity index (χ4n) is 1.19. The van der Waals surface area contributed by atoms with Gasteiger partial charge in [-0.1, -0.05) is 0 Å². The maximum atomic E-state index is 12.0. The molecule has 1 aromatic rings. The second-order valence-electron chi connectivity index (χ2n) is 3.13. The Morgan fingerprint density at radius 2 is 1.93 bits per heavy atom. The van der Waals surface area contributed by atoms with Gasteiger partial charge < -0.3 is 10.5 Å². The number of ether oxygens (including phenoxy) is 1. The Morgan fingerprint density at radius 1 is 1.33 bits per heavy atom. The molecule has 0 saturated heterocycles. The van der Waals surface area contributed by atoms with Crippen molar-refractivity contribution in [2.24, 2.45) is 5.73 Å². The quantitative estimate of drug-likeness (QED) is 0.829. The Kier molecular flexibility index (Phi) is 3.18. The third-order valence-electron chi connectivity index (χ3n) is 1.87. The first-order valence-corrected chi connectivity index (χ1v) is 4.26. The van der Waals surface area contributed by atoms with Gasteiger partial charge in [-0.15, -0.1) is 13.2 Å². The Morgan fingerprint density at radius 3 is 2.40 bits per heavy atom. The Labute approximate surface area is 85.1 Å². The average molecular weight is 220 g/mol. The third-order valence-corrected chi connectivity index (χ3v) is 1.87. The second kappa shape index (κ2) is 4.06. The first-order chi connectivity index (χ1) is 6.83. The second-order valence-corrected chi connectivity index (χ2v) is 3.13. The number of halogens is 3. The van der Waals surface area contributed by atoms with Crippen molar-refractivity contribution in [3.63, 3.8) is 0 Å². The van der Waals surface area contributed by atoms with Gasteiger partial charge in [-0.25, -0.2) is 4.98 Å². The number of hydrogen-bond donors (Lipinski definition) is 1. The van der Waals surface area contributed by atoms with Gasteiger partial charge in [0.15, 0.2) is 0 Å². The molecule has 0 amide bonds. The van der Waals surface area contributed by atoms with Crippen LogP contribution in [0, 0.1) is 13.8 Å². The summed E-state index contributed by atoms with van der Waals surface area (Å²) in [5, 5.41) is 0. The van der Waals surface area contributed by atoms with Crippen LogP contribution in [-0.4, -0.2) is 11.3 Å². The zero-order valence-electron chi connectivity index (χ0n) is 8.35. The molecule has 0 aliphatic carbocycles. The highest BCUT2D eigenvalue weighted by Crippen LogP contribution is 2.25. The molecule has 0 aliphatic heterocycles. The molecular weight excluding hydrogens is 209 g/mol. The van der Waals surface area contributed by atoms with Gasteiger partial charge in [-0.3, -0.25) is 0 Å². The molecule has 6 heteroatoms. The van der Waals surface area contributed by atoms with E-state index in [1.807, 2.05) is 0 Å². The maximum absolute atomic E-state index is 12.0. The summed E-state index contributed by atoms with van der Waals surface area (Å²) in [7, 11) is 0. The van der Waals surface area contributed by atoms with E-state index in [0.29, 0.717) is 11.3 Å². The highest BCUT2D eigenvalue weighted by Gasteiger charge is 2.32. The van der Waals surface area contributed by atoms with Crippen LogP contribution in [0.3, 0.4) is 0 Å². The topological polar surface area (TPSA) is 48.1 Å². The van der Waals surface area contributed by atoms with Crippen LogP contribution < -0.4 is 10.5 Å². The van der Waals surface area contributed by atoms with Gasteiger partial charge in [-0.2, -0.15) is 0 Å². The summed E-state index contributed by atoms with van der Waals surface area (Å²) in [6, 6.07) is 1.57. The molecule has 3 nitrogen and oxygen atoms in total. The lowest BCUT2D eigenvalue weighted by Gasteiger charge is -2.12. The summed E-state index contributed by atoms with van der Waals surface area (Å²) >= 11 is 0. The standard InChI is InChI=1S/C9H11F3N2O/c1-5-3-6(2)8(14-7(5)4-13)15-9(10,11)12/h3H,4,13H2,1-2H3. The van der Waals surface area contributed by atoms with Gasteiger partial charge >= 0.3 is 6.36 Å². The lowest BCUT2D eigenvalue weighted by molar-refractivity contribution is -0.276. The predicted molar refractivity (Wildman–Crippen MR) is 48.3 cm³/mol. The number of aromatic nitrogens is 1. The van der Waals surface area contributed by atoms with Crippen LogP contribution in [-0.2, 0) is 6.54 Å². The van der Waals surface area contributed by atoms with Crippen LogP contribution in [0.2, 0.25) is 0 Å². The minimum atomic E-state index is -4.72. The molecule has 0 fully saturated rings. The molecule has 1 aromatic heterocycles. The van der Waals surface area contributed by atoms with E-state index in [4.69, 9.17) is 5.73 Å². The van der Waals surface area contributed by atoms with Crippen molar-refractivity contribution < 1.29 is 17.9 Å². The van der Waals surface area contributed by atoms with E-state index in [9.17, 15) is 13.2 Å². The van der Waals surface area contributed by atoms with E-state index in [2.05, 4.69) is 9.72 Å². The predicted octanol–water partition coefficient (Wildman–Crippen LogP) is 2.06. The smallest absolute Gasteiger partial charge is 0.388 e. The Bertz CT molecular complexity index is 363. The molecule has 15 heavy (non-hydrogen) atoms. The van der Waals surface area contributed by atoms with Crippen LogP contribution in [0.4, 0.5) is 13.2 Å². The van der Waals surface area contributed by atoms with E-state index in [1.54, 1.807) is 13.0 Å². The highest BCUT2D eigenvalue weighted by molar-refractivity contribution is 5.32. The summed E-state index contributed by atoms with van der Waals surface area (Å²) in [4.78, 5) is 3.71. The van der Waals surface area contributed by atoms with Gasteiger partial charge in [0.1, 0.15) is 0 Å². The van der Waals surface area contributed by atoms with Crippen molar-refractivity contribution in [1.82, 2.24) is 4.98 Å². The van der Waals surface area contributed by atoms with Crippen LogP contribution >= 0.6 is 0 Å². The molecule has 0 aliphatic rings. The first-order valence-electron chi connectivity index (χ1n) is 4.26. The third kappa shape index (κ3) is 3.09. The molecule has 0 atom stereocenters. The summed E-state index contributed by atoms with van der Waals surface area (Å²) < 4.78 is 39.7. The van der Waals surface area contributed by atoms with Crippen molar-refractivity contribution >= 4 is 0 Å². The lowest BCUT2D eigenvalue weighted by Crippen LogP contribution is -2.19. The monoisotopic (exact) mass is 220 g/mol. The summed E-state index contributed by atoms with van der Waals surface area (Å²) in [5.74, 6) is -0.437. The van der Waals surface area contributed by atoms with Crippen molar-refractivity contribution in [2.45, 2.75) is 26.8 Å². The van der Waals surface area contributed by atoms with Crippen molar-refractivity contribution in [3.8, 4) is 5.88 Å². The fraction of sp³-hybridized carbons (Fsp3) is 0.444. The van der Waals surface area contributed by atoms with E-state index in [1.165, 1.54) is 6.92 Å². The number of hydrogen-bond acceptors (Lipinski definition) is 3. The summed E-state index contributed by atoms with van der Waals surface area (Å²) in [6.07, 6.45) is -4.72. The highest BCUT2D eigenvalue weighted by atomic mass is 19.4. The number of nitrogens with zero attached hydrogens (tertiary/aromatic N) is 1. The molecule has 84 valence electrons. The number of alkyl halides is 3. The average Bonchev–Trinajstić information content (AvgIpc) is 2.07. The van der Waals surface area contributed by atoms with E-state index in [-0.39, 0.29) is 6.54 Å². The zero-order chi connectivity index (χ0) is 11.6. The van der Waals surface area contributed by atoms with E-state index >= 15 is 0 Å². The summed E-state index contributed by atoms with van der Waals surface area (Å²) in [5.41, 5.74) is 6.83. The van der Waals surface area contributed by atoms with E-state index < -0.39 is 12.2 Å². The summed E-state index contributed by atoms with van der Waals surface area (Å²) in [6.45, 7) is 3.32. The van der Waals surface area contributed by atoms with Gasteiger partial charge in [0.25, 0.3) is 0 Å². The number of rotatable bonds is 2. The normalized spacial score (nSPS) is 11.6. The van der Waals surface area contributed by atoms with Gasteiger partial charge in [0.05, 0.1) is 5.69 Å². The zero-order valence-corrected chi connectivity index (χ0v) is 8.35. The number of pyridine rings is 1. The molecule has 0 bridgehead atoms. The molecule has 1 rings (SSSR count). The minimum absolute atomic E-state index is 0.0837. The molecule has 2 N–H and O–H groups in total. The van der Waals surface area contributed by atoms with Crippen molar-refractivity contribution in [2.75, 3.05) is 0 Å². The van der Waals surface area contributed by atoms with Gasteiger partial charge in [0.2, 0.25) is 5.88 Å². The Hall–Kier alpha value is -1.30. The number of aryl methyl sites for hydroxylation is 2. The molecule has 0 radical (unpaired) electrons. The molecule has 0 saturated carbocycles. The first kappa shape index (κ1) is 11.8. The maximum Gasteiger partial charge on any atom is 0.574 e. The molecule has 0 spiro atoms. The van der Waals surface area contributed by atoms with Crippen molar-refractivity contribution in [3.05, 3.63) is 22.9 Å². The van der Waals surface area contributed by atoms with Gasteiger partial charge in [0, 0.05) is 12.1 Å². The largest absolute Gasteiger partial charge is 0.574 e. The van der Waals surface area contributed by atoms with E-state index in [0.717, 1.165) is 5.56 Å². The van der Waals surface area contributed by atoms with Crippen LogP contribution in [0.5, 0.6) is 5.88 Å². The van der Waals surface area contributed by atoms with Crippen LogP contribution in [0.25, 0.3) is 0 Å². The number of nitrogens with two attached hydrogens (primary N) is 1. The fourth-order valence-corrected chi connectivity index (χ4v) is 1.19. The molecule has 1 heterocycles. The minimum Gasteiger partial charge on any atom is -0.388 e. The SMILES string of the molecule is Cc1cc(C)c(OC(F)(F)F)nc1CN. The molecular formula is C9H11F3N2O. The van der Waals surface area contributed by atoms with Crippen LogP contribution in [0.15, 0.2) is 6.07 Å². The van der Waals surface area contributed by atoms with Crippen molar-refractivity contribution in [1.29, 1.82) is 0 Å². The molecule has 0 aromatic carbocycles. The van der Waals surface area contributed by atoms with Gasteiger partial charge in [-0.05, 0) is 25.5 Å². The molecule has 0 unspecified atom stereocenters. The van der Waals surface area contributed by atoms with Crippen LogP contribution in [0.1, 0.15) is 16.8 Å².